The monoisotopic (exact) mass is 280 g/mol. The molecular weight excluding hydrogens is 256 g/mol. The van der Waals surface area contributed by atoms with E-state index < -0.39 is 0 Å². The molecule has 1 fully saturated rings. The number of piperidine rings is 1. The first-order valence-corrected chi connectivity index (χ1v) is 6.92. The third kappa shape index (κ3) is 2.55. The lowest BCUT2D eigenvalue weighted by Gasteiger charge is -2.37. The zero-order chi connectivity index (χ0) is 14.6. The van der Waals surface area contributed by atoms with Crippen molar-refractivity contribution in [3.63, 3.8) is 0 Å². The van der Waals surface area contributed by atoms with E-state index in [-0.39, 0.29) is 5.41 Å². The van der Waals surface area contributed by atoms with Crippen LogP contribution < -0.4 is 25.3 Å². The predicted octanol–water partition coefficient (Wildman–Crippen LogP) is 1.29. The fraction of sp³-hybridized carbons (Fsp3) is 0.600. The second kappa shape index (κ2) is 6.33. The lowest BCUT2D eigenvalue weighted by atomic mass is 9.73. The number of rotatable bonds is 5. The van der Waals surface area contributed by atoms with Gasteiger partial charge in [-0.1, -0.05) is 0 Å². The molecule has 1 aliphatic heterocycles. The summed E-state index contributed by atoms with van der Waals surface area (Å²) in [5.41, 5.74) is 7.23. The summed E-state index contributed by atoms with van der Waals surface area (Å²) in [6.07, 6.45) is 2.03. The molecule has 0 radical (unpaired) electrons. The molecule has 20 heavy (non-hydrogen) atoms. The van der Waals surface area contributed by atoms with E-state index in [1.807, 2.05) is 12.1 Å². The Kier molecular flexibility index (Phi) is 4.73. The molecule has 0 saturated carbocycles. The van der Waals surface area contributed by atoms with Crippen molar-refractivity contribution in [2.45, 2.75) is 18.3 Å². The van der Waals surface area contributed by atoms with E-state index in [4.69, 9.17) is 19.9 Å². The lowest BCUT2D eigenvalue weighted by Crippen LogP contribution is -2.44. The molecule has 0 bridgehead atoms. The molecule has 2 rings (SSSR count). The first-order chi connectivity index (χ1) is 9.70. The largest absolute Gasteiger partial charge is 0.493 e. The lowest BCUT2D eigenvalue weighted by molar-refractivity contribution is 0.302. The zero-order valence-electron chi connectivity index (χ0n) is 12.5. The van der Waals surface area contributed by atoms with Crippen LogP contribution in [0.5, 0.6) is 17.2 Å². The molecule has 1 aromatic carbocycles. The number of methoxy groups -OCH3 is 3. The van der Waals surface area contributed by atoms with Gasteiger partial charge in [0.05, 0.1) is 21.3 Å². The molecule has 3 N–H and O–H groups in total. The Bertz CT molecular complexity index is 431. The maximum atomic E-state index is 6.08. The number of hydrogen-bond acceptors (Lipinski definition) is 5. The summed E-state index contributed by atoms with van der Waals surface area (Å²) in [6, 6.07) is 4.05. The second-order valence-electron chi connectivity index (χ2n) is 5.15. The summed E-state index contributed by atoms with van der Waals surface area (Å²) in [6.45, 7) is 2.58. The van der Waals surface area contributed by atoms with Gasteiger partial charge in [0.25, 0.3) is 0 Å². The Morgan fingerprint density at radius 2 is 1.60 bits per heavy atom. The highest BCUT2D eigenvalue weighted by atomic mass is 16.5. The number of nitrogens with one attached hydrogen (secondary N) is 1. The highest BCUT2D eigenvalue weighted by Crippen LogP contribution is 2.43. The fourth-order valence-corrected chi connectivity index (χ4v) is 2.90. The Hall–Kier alpha value is -1.46. The van der Waals surface area contributed by atoms with Crippen LogP contribution in [0.3, 0.4) is 0 Å². The standard InChI is InChI=1S/C15H24N2O3/c1-18-12-8-11(9-13(19-2)14(12)20-3)15(10-16)4-6-17-7-5-15/h8-9,17H,4-7,10,16H2,1-3H3. The van der Waals surface area contributed by atoms with E-state index in [2.05, 4.69) is 5.32 Å². The molecule has 1 aromatic rings. The maximum absolute atomic E-state index is 6.08. The number of hydrogen-bond donors (Lipinski definition) is 2. The van der Waals surface area contributed by atoms with Crippen molar-refractivity contribution in [2.24, 2.45) is 5.73 Å². The van der Waals surface area contributed by atoms with Crippen LogP contribution in [0.4, 0.5) is 0 Å². The molecule has 1 aliphatic rings. The second-order valence-corrected chi connectivity index (χ2v) is 5.15. The van der Waals surface area contributed by atoms with Crippen LogP contribution in [0.2, 0.25) is 0 Å². The van der Waals surface area contributed by atoms with Crippen molar-refractivity contribution in [3.8, 4) is 17.2 Å². The summed E-state index contributed by atoms with van der Waals surface area (Å²) in [5, 5.41) is 3.38. The van der Waals surface area contributed by atoms with Gasteiger partial charge in [0.2, 0.25) is 5.75 Å². The number of benzene rings is 1. The first-order valence-electron chi connectivity index (χ1n) is 6.92. The highest BCUT2D eigenvalue weighted by Gasteiger charge is 2.34. The summed E-state index contributed by atoms with van der Waals surface area (Å²) in [4.78, 5) is 0. The molecule has 5 heteroatoms. The minimum Gasteiger partial charge on any atom is -0.493 e. The van der Waals surface area contributed by atoms with Gasteiger partial charge in [-0.15, -0.1) is 0 Å². The Balaban J connectivity index is 2.50. The molecule has 1 saturated heterocycles. The van der Waals surface area contributed by atoms with Crippen molar-refractivity contribution < 1.29 is 14.2 Å². The fourth-order valence-electron chi connectivity index (χ4n) is 2.90. The van der Waals surface area contributed by atoms with Crippen molar-refractivity contribution in [1.82, 2.24) is 5.32 Å². The van der Waals surface area contributed by atoms with Gasteiger partial charge in [-0.05, 0) is 43.6 Å². The molecule has 1 heterocycles. The minimum absolute atomic E-state index is 0.0158. The molecule has 112 valence electrons. The van der Waals surface area contributed by atoms with Gasteiger partial charge in [0, 0.05) is 12.0 Å². The smallest absolute Gasteiger partial charge is 0.203 e. The van der Waals surface area contributed by atoms with Crippen LogP contribution >= 0.6 is 0 Å². The normalized spacial score (nSPS) is 17.6. The topological polar surface area (TPSA) is 65.7 Å². The van der Waals surface area contributed by atoms with E-state index in [9.17, 15) is 0 Å². The van der Waals surface area contributed by atoms with Crippen molar-refractivity contribution in [1.29, 1.82) is 0 Å². The number of nitrogens with two attached hydrogens (primary N) is 1. The van der Waals surface area contributed by atoms with Crippen LogP contribution in [0.25, 0.3) is 0 Å². The van der Waals surface area contributed by atoms with E-state index in [0.29, 0.717) is 23.8 Å². The molecule has 5 nitrogen and oxygen atoms in total. The zero-order valence-corrected chi connectivity index (χ0v) is 12.5. The quantitative estimate of drug-likeness (QED) is 0.851. The highest BCUT2D eigenvalue weighted by molar-refractivity contribution is 5.55. The summed E-state index contributed by atoms with van der Waals surface area (Å²) < 4.78 is 16.3. The molecule has 0 aliphatic carbocycles. The summed E-state index contributed by atoms with van der Waals surface area (Å²) in [5.74, 6) is 2.00. The molecule has 0 atom stereocenters. The van der Waals surface area contributed by atoms with Gasteiger partial charge in [0.15, 0.2) is 11.5 Å². The molecule has 0 unspecified atom stereocenters. The maximum Gasteiger partial charge on any atom is 0.203 e. The SMILES string of the molecule is COc1cc(C2(CN)CCNCC2)cc(OC)c1OC. The summed E-state index contributed by atoms with van der Waals surface area (Å²) in [7, 11) is 4.89. The molecule has 0 amide bonds. The van der Waals surface area contributed by atoms with Crippen LogP contribution in [-0.2, 0) is 5.41 Å². The van der Waals surface area contributed by atoms with Gasteiger partial charge in [-0.2, -0.15) is 0 Å². The number of ether oxygens (including phenoxy) is 3. The van der Waals surface area contributed by atoms with Crippen molar-refractivity contribution in [2.75, 3.05) is 41.0 Å². The predicted molar refractivity (Wildman–Crippen MR) is 78.9 cm³/mol. The van der Waals surface area contributed by atoms with Gasteiger partial charge in [0.1, 0.15) is 0 Å². The third-order valence-electron chi connectivity index (χ3n) is 4.23. The molecule has 0 aromatic heterocycles. The van der Waals surface area contributed by atoms with Crippen LogP contribution in [0.1, 0.15) is 18.4 Å². The van der Waals surface area contributed by atoms with Crippen molar-refractivity contribution >= 4 is 0 Å². The Morgan fingerprint density at radius 3 is 2.00 bits per heavy atom. The summed E-state index contributed by atoms with van der Waals surface area (Å²) >= 11 is 0. The third-order valence-corrected chi connectivity index (χ3v) is 4.23. The van der Waals surface area contributed by atoms with Gasteiger partial charge >= 0.3 is 0 Å². The Labute approximate surface area is 120 Å². The van der Waals surface area contributed by atoms with Gasteiger partial charge in [-0.3, -0.25) is 0 Å². The van der Waals surface area contributed by atoms with E-state index in [0.717, 1.165) is 31.5 Å². The average molecular weight is 280 g/mol. The van der Waals surface area contributed by atoms with Crippen LogP contribution in [0.15, 0.2) is 12.1 Å². The molecular formula is C15H24N2O3. The van der Waals surface area contributed by atoms with Gasteiger partial charge < -0.3 is 25.3 Å². The van der Waals surface area contributed by atoms with E-state index in [1.165, 1.54) is 0 Å². The van der Waals surface area contributed by atoms with Crippen LogP contribution in [0, 0.1) is 0 Å². The first kappa shape index (κ1) is 14.9. The molecule has 0 spiro atoms. The van der Waals surface area contributed by atoms with Gasteiger partial charge in [-0.25, -0.2) is 0 Å². The van der Waals surface area contributed by atoms with Crippen LogP contribution in [-0.4, -0.2) is 41.0 Å². The van der Waals surface area contributed by atoms with Crippen molar-refractivity contribution in [3.05, 3.63) is 17.7 Å². The van der Waals surface area contributed by atoms with E-state index in [1.54, 1.807) is 21.3 Å². The Morgan fingerprint density at radius 1 is 1.05 bits per heavy atom. The van der Waals surface area contributed by atoms with E-state index >= 15 is 0 Å². The average Bonchev–Trinajstić information content (AvgIpc) is 2.53. The minimum atomic E-state index is -0.0158.